The Hall–Kier alpha value is -0.840. The Morgan fingerprint density at radius 3 is 2.93 bits per heavy atom. The topological polar surface area (TPSA) is 26.3 Å². The molecule has 0 N–H and O–H groups in total. The van der Waals surface area contributed by atoms with Crippen molar-refractivity contribution in [1.82, 2.24) is 0 Å². The minimum Gasteiger partial charge on any atom is -0.496 e. The van der Waals surface area contributed by atoms with Crippen molar-refractivity contribution in [3.63, 3.8) is 0 Å². The molecule has 0 fully saturated rings. The van der Waals surface area contributed by atoms with Gasteiger partial charge in [-0.2, -0.15) is 0 Å². The largest absolute Gasteiger partial charge is 0.496 e. The van der Waals surface area contributed by atoms with Crippen LogP contribution in [0.2, 0.25) is 0 Å². The van der Waals surface area contributed by atoms with Crippen LogP contribution in [0.3, 0.4) is 0 Å². The minimum atomic E-state index is 0.0242. The first-order valence-electron chi connectivity index (χ1n) is 4.15. The Morgan fingerprint density at radius 2 is 2.36 bits per heavy atom. The Kier molecular flexibility index (Phi) is 4.13. The number of hydrogen-bond acceptors (Lipinski definition) is 2. The van der Waals surface area contributed by atoms with E-state index in [1.165, 1.54) is 6.08 Å². The van der Waals surface area contributed by atoms with Crippen molar-refractivity contribution in [3.8, 4) is 5.75 Å². The number of carbonyl (C=O) groups excluding carboxylic acids is 1. The van der Waals surface area contributed by atoms with Crippen LogP contribution in [-0.2, 0) is 11.2 Å². The Balaban J connectivity index is 2.97. The quantitative estimate of drug-likeness (QED) is 0.631. The highest BCUT2D eigenvalue weighted by Gasteiger charge is 2.07. The van der Waals surface area contributed by atoms with Crippen LogP contribution >= 0.6 is 22.6 Å². The van der Waals surface area contributed by atoms with Gasteiger partial charge < -0.3 is 4.74 Å². The number of allylic oxidation sites excluding steroid dienone is 1. The summed E-state index contributed by atoms with van der Waals surface area (Å²) >= 11 is 2.18. The summed E-state index contributed by atoms with van der Waals surface area (Å²) in [6, 6.07) is 5.68. The van der Waals surface area contributed by atoms with Crippen LogP contribution in [0, 0.1) is 3.57 Å². The Bertz CT molecular complexity index is 358. The molecular weight excluding hydrogens is 291 g/mol. The molecule has 0 unspecified atom stereocenters. The van der Waals surface area contributed by atoms with Crippen molar-refractivity contribution in [1.29, 1.82) is 0 Å². The zero-order chi connectivity index (χ0) is 10.6. The molecule has 0 heterocycles. The standard InChI is InChI=1S/C11H11IO2/c1-3-9(13)7-8-5-4-6-10(14-2)11(8)12/h3-6H,1,7H2,2H3. The second-order valence-electron chi connectivity index (χ2n) is 2.78. The van der Waals surface area contributed by atoms with Gasteiger partial charge in [-0.1, -0.05) is 18.7 Å². The van der Waals surface area contributed by atoms with Crippen molar-refractivity contribution < 1.29 is 9.53 Å². The zero-order valence-corrected chi connectivity index (χ0v) is 10.1. The highest BCUT2D eigenvalue weighted by Crippen LogP contribution is 2.24. The van der Waals surface area contributed by atoms with Gasteiger partial charge in [-0.25, -0.2) is 0 Å². The van der Waals surface area contributed by atoms with E-state index in [-0.39, 0.29) is 5.78 Å². The SMILES string of the molecule is C=CC(=O)Cc1cccc(OC)c1I. The summed E-state index contributed by atoms with van der Waals surface area (Å²) in [7, 11) is 1.62. The molecule has 0 saturated heterocycles. The molecule has 0 aliphatic rings. The molecule has 74 valence electrons. The second-order valence-corrected chi connectivity index (χ2v) is 3.86. The lowest BCUT2D eigenvalue weighted by molar-refractivity contribution is -0.114. The normalized spacial score (nSPS) is 9.57. The van der Waals surface area contributed by atoms with E-state index < -0.39 is 0 Å². The predicted molar refractivity (Wildman–Crippen MR) is 64.6 cm³/mol. The second kappa shape index (κ2) is 5.14. The fourth-order valence-corrected chi connectivity index (χ4v) is 1.88. The van der Waals surface area contributed by atoms with Gasteiger partial charge in [0, 0.05) is 6.42 Å². The molecule has 0 aliphatic heterocycles. The Labute approximate surface area is 97.1 Å². The first-order chi connectivity index (χ1) is 6.69. The molecule has 1 aromatic carbocycles. The third kappa shape index (κ3) is 2.57. The van der Waals surface area contributed by atoms with E-state index in [4.69, 9.17) is 4.74 Å². The first kappa shape index (κ1) is 11.2. The van der Waals surface area contributed by atoms with Gasteiger partial charge in [0.1, 0.15) is 5.75 Å². The number of carbonyl (C=O) groups is 1. The molecular formula is C11H11IO2. The summed E-state index contributed by atoms with van der Waals surface area (Å²) in [5.74, 6) is 0.830. The van der Waals surface area contributed by atoms with Crippen LogP contribution in [0.5, 0.6) is 5.75 Å². The van der Waals surface area contributed by atoms with Gasteiger partial charge in [0.15, 0.2) is 5.78 Å². The number of hydrogen-bond donors (Lipinski definition) is 0. The van der Waals surface area contributed by atoms with E-state index in [1.807, 2.05) is 18.2 Å². The van der Waals surface area contributed by atoms with Gasteiger partial charge in [0.25, 0.3) is 0 Å². The molecule has 3 heteroatoms. The number of ether oxygens (including phenoxy) is 1. The average molecular weight is 302 g/mol. The number of benzene rings is 1. The van der Waals surface area contributed by atoms with E-state index >= 15 is 0 Å². The summed E-state index contributed by atoms with van der Waals surface area (Å²) in [6.07, 6.45) is 1.73. The van der Waals surface area contributed by atoms with E-state index in [1.54, 1.807) is 7.11 Å². The third-order valence-corrected chi connectivity index (χ3v) is 3.08. The van der Waals surface area contributed by atoms with Crippen LogP contribution in [0.4, 0.5) is 0 Å². The van der Waals surface area contributed by atoms with Crippen LogP contribution in [-0.4, -0.2) is 12.9 Å². The number of halogens is 1. The lowest BCUT2D eigenvalue weighted by atomic mass is 10.1. The van der Waals surface area contributed by atoms with Gasteiger partial charge in [0.2, 0.25) is 0 Å². The molecule has 0 bridgehead atoms. The molecule has 0 atom stereocenters. The van der Waals surface area contributed by atoms with Crippen molar-refractivity contribution in [2.75, 3.05) is 7.11 Å². The van der Waals surface area contributed by atoms with Crippen LogP contribution in [0.25, 0.3) is 0 Å². The highest BCUT2D eigenvalue weighted by atomic mass is 127. The number of rotatable bonds is 4. The first-order valence-corrected chi connectivity index (χ1v) is 5.23. The maximum Gasteiger partial charge on any atom is 0.159 e. The predicted octanol–water partition coefficient (Wildman–Crippen LogP) is 2.60. The molecule has 0 aliphatic carbocycles. The minimum absolute atomic E-state index is 0.0242. The van der Waals surface area contributed by atoms with Crippen LogP contribution < -0.4 is 4.74 Å². The third-order valence-electron chi connectivity index (χ3n) is 1.86. The molecule has 1 rings (SSSR count). The molecule has 0 spiro atoms. The summed E-state index contributed by atoms with van der Waals surface area (Å²) in [4.78, 5) is 11.2. The van der Waals surface area contributed by atoms with E-state index in [0.717, 1.165) is 14.9 Å². The number of ketones is 1. The molecule has 1 aromatic rings. The molecule has 0 saturated carbocycles. The fourth-order valence-electron chi connectivity index (χ4n) is 1.11. The molecule has 2 nitrogen and oxygen atoms in total. The van der Waals surface area contributed by atoms with Gasteiger partial charge in [-0.3, -0.25) is 4.79 Å². The van der Waals surface area contributed by atoms with Crippen LogP contribution in [0.15, 0.2) is 30.9 Å². The van der Waals surface area contributed by atoms with E-state index in [2.05, 4.69) is 29.2 Å². The van der Waals surface area contributed by atoms with Crippen LogP contribution in [0.1, 0.15) is 5.56 Å². The van der Waals surface area contributed by atoms with Crippen molar-refractivity contribution in [2.45, 2.75) is 6.42 Å². The molecule has 0 amide bonds. The lowest BCUT2D eigenvalue weighted by Gasteiger charge is -2.07. The average Bonchev–Trinajstić information content (AvgIpc) is 2.21. The van der Waals surface area contributed by atoms with E-state index in [0.29, 0.717) is 6.42 Å². The molecule has 0 radical (unpaired) electrons. The van der Waals surface area contributed by atoms with Gasteiger partial charge in [-0.15, -0.1) is 0 Å². The smallest absolute Gasteiger partial charge is 0.159 e. The van der Waals surface area contributed by atoms with Crippen molar-refractivity contribution >= 4 is 28.4 Å². The number of methoxy groups -OCH3 is 1. The fraction of sp³-hybridized carbons (Fsp3) is 0.182. The molecule has 14 heavy (non-hydrogen) atoms. The monoisotopic (exact) mass is 302 g/mol. The van der Waals surface area contributed by atoms with Gasteiger partial charge in [-0.05, 0) is 40.3 Å². The van der Waals surface area contributed by atoms with Gasteiger partial charge in [0.05, 0.1) is 10.7 Å². The van der Waals surface area contributed by atoms with Crippen molar-refractivity contribution in [3.05, 3.63) is 40.0 Å². The zero-order valence-electron chi connectivity index (χ0n) is 7.92. The lowest BCUT2D eigenvalue weighted by Crippen LogP contribution is -2.01. The maximum absolute atomic E-state index is 11.2. The molecule has 0 aromatic heterocycles. The summed E-state index contributed by atoms with van der Waals surface area (Å²) in [5.41, 5.74) is 0.981. The Morgan fingerprint density at radius 1 is 1.64 bits per heavy atom. The van der Waals surface area contributed by atoms with E-state index in [9.17, 15) is 4.79 Å². The summed E-state index contributed by atoms with van der Waals surface area (Å²) in [5, 5.41) is 0. The summed E-state index contributed by atoms with van der Waals surface area (Å²) in [6.45, 7) is 3.45. The summed E-state index contributed by atoms with van der Waals surface area (Å²) < 4.78 is 6.14. The van der Waals surface area contributed by atoms with Gasteiger partial charge >= 0.3 is 0 Å². The maximum atomic E-state index is 11.2. The highest BCUT2D eigenvalue weighted by molar-refractivity contribution is 14.1. The van der Waals surface area contributed by atoms with Crippen molar-refractivity contribution in [2.24, 2.45) is 0 Å².